The van der Waals surface area contributed by atoms with Crippen LogP contribution in [0.4, 0.5) is 4.39 Å². The highest BCUT2D eigenvalue weighted by Gasteiger charge is 2.10. The normalized spacial score (nSPS) is 14.8. The summed E-state index contributed by atoms with van der Waals surface area (Å²) in [4.78, 5) is 0. The summed E-state index contributed by atoms with van der Waals surface area (Å²) in [6, 6.07) is 0. The molecule has 4 heteroatoms. The fourth-order valence-electron chi connectivity index (χ4n) is 1.45. The molecule has 1 rings (SSSR count). The molecular weight excluding hydrogens is 253 g/mol. The van der Waals surface area contributed by atoms with Crippen LogP contribution in [0.25, 0.3) is 0 Å². The van der Waals surface area contributed by atoms with Crippen LogP contribution in [-0.4, -0.2) is 5.71 Å². The van der Waals surface area contributed by atoms with Crippen molar-refractivity contribution < 1.29 is 5.82 Å². The van der Waals surface area contributed by atoms with Gasteiger partial charge < -0.3 is 16.0 Å². The zero-order chi connectivity index (χ0) is 15.1. The minimum Gasteiger partial charge on any atom is -0.351 e. The molecule has 0 spiro atoms. The van der Waals surface area contributed by atoms with Gasteiger partial charge in [-0.3, -0.25) is 0 Å². The number of allylic oxidation sites excluding steroid dienone is 7. The molecule has 3 nitrogen and oxygen atoms in total. The summed E-state index contributed by atoms with van der Waals surface area (Å²) < 4.78 is 14.3. The molecule has 3 N–H and O–H groups in total. The van der Waals surface area contributed by atoms with Crippen molar-refractivity contribution >= 4 is 5.71 Å². The second kappa shape index (κ2) is 7.28. The minimum atomic E-state index is -0.544. The van der Waals surface area contributed by atoms with E-state index in [0.29, 0.717) is 17.0 Å². The Bertz CT molecular complexity index is 554. The first-order chi connectivity index (χ1) is 9.41. The van der Waals surface area contributed by atoms with Crippen LogP contribution in [-0.2, 0) is 0 Å². The fourth-order valence-corrected chi connectivity index (χ4v) is 1.45. The average molecular weight is 275 g/mol. The Morgan fingerprint density at radius 1 is 1.35 bits per heavy atom. The molecule has 108 valence electrons. The summed E-state index contributed by atoms with van der Waals surface area (Å²) >= 11 is 0. The van der Waals surface area contributed by atoms with Crippen molar-refractivity contribution in [2.24, 2.45) is 0 Å². The van der Waals surface area contributed by atoms with Gasteiger partial charge in [0.05, 0.1) is 17.1 Å². The average Bonchev–Trinajstić information content (AvgIpc) is 2.63. The maximum absolute atomic E-state index is 14.3. The standard InChI is InChI=1S/C16H20FN3.H2/c1-11(2)15(19-13(4)12(3)18)16(17)20-14-9-7-5-6-8-10-14;/h5-7,9-10,18-20H,1,4,8H2,2-3H3;1H/b16-15+,18-12?;. The third-order valence-corrected chi connectivity index (χ3v) is 2.63. The van der Waals surface area contributed by atoms with Crippen LogP contribution < -0.4 is 10.6 Å². The monoisotopic (exact) mass is 275 g/mol. The molecule has 0 saturated carbocycles. The van der Waals surface area contributed by atoms with Crippen LogP contribution in [0.1, 0.15) is 21.7 Å². The Labute approximate surface area is 121 Å². The summed E-state index contributed by atoms with van der Waals surface area (Å²) in [5.41, 5.74) is 1.98. The van der Waals surface area contributed by atoms with Crippen LogP contribution >= 0.6 is 0 Å². The molecule has 1 aliphatic rings. The van der Waals surface area contributed by atoms with Crippen molar-refractivity contribution in [2.75, 3.05) is 0 Å². The molecule has 0 fully saturated rings. The molecule has 0 aromatic carbocycles. The predicted molar refractivity (Wildman–Crippen MR) is 84.9 cm³/mol. The number of nitrogens with one attached hydrogen (secondary N) is 3. The lowest BCUT2D eigenvalue weighted by molar-refractivity contribution is 0.560. The maximum atomic E-state index is 14.3. The first-order valence-electron chi connectivity index (χ1n) is 6.29. The molecule has 0 heterocycles. The number of halogens is 1. The van der Waals surface area contributed by atoms with Crippen LogP contribution in [0.2, 0.25) is 0 Å². The van der Waals surface area contributed by atoms with E-state index in [1.807, 2.05) is 24.3 Å². The third-order valence-electron chi connectivity index (χ3n) is 2.63. The van der Waals surface area contributed by atoms with Gasteiger partial charge in [0.15, 0.2) is 0 Å². The van der Waals surface area contributed by atoms with Gasteiger partial charge in [0.1, 0.15) is 0 Å². The highest BCUT2D eigenvalue weighted by molar-refractivity contribution is 5.94. The van der Waals surface area contributed by atoms with Crippen molar-refractivity contribution in [2.45, 2.75) is 20.3 Å². The topological polar surface area (TPSA) is 47.9 Å². The van der Waals surface area contributed by atoms with Crippen molar-refractivity contribution in [3.8, 4) is 0 Å². The molecule has 0 aromatic rings. The van der Waals surface area contributed by atoms with Gasteiger partial charge >= 0.3 is 0 Å². The lowest BCUT2D eigenvalue weighted by Crippen LogP contribution is -2.22. The Morgan fingerprint density at radius 3 is 2.65 bits per heavy atom. The van der Waals surface area contributed by atoms with Gasteiger partial charge in [-0.25, -0.2) is 0 Å². The zero-order valence-electron chi connectivity index (χ0n) is 11.9. The summed E-state index contributed by atoms with van der Waals surface area (Å²) in [6.45, 7) is 10.7. The quantitative estimate of drug-likeness (QED) is 0.388. The first-order valence-corrected chi connectivity index (χ1v) is 6.29. The first kappa shape index (κ1) is 15.7. The fraction of sp³-hybridized carbons (Fsp3) is 0.188. The van der Waals surface area contributed by atoms with Crippen LogP contribution in [0.5, 0.6) is 0 Å². The Hall–Kier alpha value is -2.36. The summed E-state index contributed by atoms with van der Waals surface area (Å²) in [6.07, 6.45) is 10.1. The van der Waals surface area contributed by atoms with Gasteiger partial charge in [-0.05, 0) is 31.9 Å². The van der Waals surface area contributed by atoms with Gasteiger partial charge in [-0.1, -0.05) is 37.5 Å². The second-order valence-electron chi connectivity index (χ2n) is 4.51. The molecule has 20 heavy (non-hydrogen) atoms. The molecule has 0 bridgehead atoms. The van der Waals surface area contributed by atoms with Gasteiger partial charge in [0.25, 0.3) is 0 Å². The highest BCUT2D eigenvalue weighted by atomic mass is 19.1. The van der Waals surface area contributed by atoms with E-state index in [-0.39, 0.29) is 12.8 Å². The second-order valence-corrected chi connectivity index (χ2v) is 4.51. The van der Waals surface area contributed by atoms with Crippen molar-refractivity contribution in [3.63, 3.8) is 0 Å². The maximum Gasteiger partial charge on any atom is 0.215 e. The molecule has 1 aliphatic carbocycles. The molecule has 0 unspecified atom stereocenters. The molecule has 0 aromatic heterocycles. The summed E-state index contributed by atoms with van der Waals surface area (Å²) in [5, 5.41) is 12.9. The van der Waals surface area contributed by atoms with Gasteiger partial charge in [0, 0.05) is 7.12 Å². The Kier molecular flexibility index (Phi) is 5.72. The molecular formula is C16H22FN3. The lowest BCUT2D eigenvalue weighted by atomic mass is 10.2. The smallest absolute Gasteiger partial charge is 0.215 e. The molecule has 0 atom stereocenters. The third kappa shape index (κ3) is 4.72. The number of hydrogen-bond donors (Lipinski definition) is 3. The van der Waals surface area contributed by atoms with Crippen LogP contribution in [0.15, 0.2) is 72.2 Å². The Balaban J connectivity index is 0.00000400. The molecule has 0 amide bonds. The van der Waals surface area contributed by atoms with E-state index in [1.54, 1.807) is 19.9 Å². The Morgan fingerprint density at radius 2 is 2.05 bits per heavy atom. The van der Waals surface area contributed by atoms with E-state index in [0.717, 1.165) is 6.42 Å². The predicted octanol–water partition coefficient (Wildman–Crippen LogP) is 4.08. The van der Waals surface area contributed by atoms with Crippen molar-refractivity contribution in [1.82, 2.24) is 10.6 Å². The van der Waals surface area contributed by atoms with E-state index < -0.39 is 5.95 Å². The highest BCUT2D eigenvalue weighted by Crippen LogP contribution is 2.14. The molecule has 0 radical (unpaired) electrons. The van der Waals surface area contributed by atoms with Gasteiger partial charge in [-0.15, -0.1) is 0 Å². The van der Waals surface area contributed by atoms with Crippen LogP contribution in [0.3, 0.4) is 0 Å². The number of rotatable bonds is 6. The SMILES string of the molecule is C=C(N/C(C(=C)C)=C(\F)NC1=CCC=CC=C1)C(C)=N.[HH]. The minimum absolute atomic E-state index is 0. The largest absolute Gasteiger partial charge is 0.351 e. The molecule has 0 aliphatic heterocycles. The molecule has 0 saturated heterocycles. The van der Waals surface area contributed by atoms with Crippen LogP contribution in [0, 0.1) is 5.41 Å². The number of hydrogen-bond acceptors (Lipinski definition) is 3. The van der Waals surface area contributed by atoms with Crippen molar-refractivity contribution in [3.05, 3.63) is 72.2 Å². The van der Waals surface area contributed by atoms with Crippen molar-refractivity contribution in [1.29, 1.82) is 5.41 Å². The van der Waals surface area contributed by atoms with E-state index in [2.05, 4.69) is 23.8 Å². The zero-order valence-corrected chi connectivity index (χ0v) is 11.9. The van der Waals surface area contributed by atoms with Gasteiger partial charge in [0.2, 0.25) is 5.95 Å². The van der Waals surface area contributed by atoms with E-state index in [9.17, 15) is 4.39 Å². The summed E-state index contributed by atoms with van der Waals surface area (Å²) in [5.74, 6) is -0.544. The lowest BCUT2D eigenvalue weighted by Gasteiger charge is -2.15. The summed E-state index contributed by atoms with van der Waals surface area (Å²) in [7, 11) is 0. The van der Waals surface area contributed by atoms with Gasteiger partial charge in [-0.2, -0.15) is 4.39 Å². The van der Waals surface area contributed by atoms with E-state index in [4.69, 9.17) is 5.41 Å². The van der Waals surface area contributed by atoms with E-state index >= 15 is 0 Å². The van der Waals surface area contributed by atoms with E-state index in [1.165, 1.54) is 0 Å².